The van der Waals surface area contributed by atoms with Crippen LogP contribution in [0, 0.1) is 5.92 Å². The number of hydrogen-bond donors (Lipinski definition) is 2. The van der Waals surface area contributed by atoms with Crippen LogP contribution < -0.4 is 10.1 Å². The number of rotatable bonds is 3. The summed E-state index contributed by atoms with van der Waals surface area (Å²) >= 11 is 0. The summed E-state index contributed by atoms with van der Waals surface area (Å²) in [6.07, 6.45) is 7.75. The predicted octanol–water partition coefficient (Wildman–Crippen LogP) is 3.16. The van der Waals surface area contributed by atoms with Gasteiger partial charge in [-0.3, -0.25) is 0 Å². The lowest BCUT2D eigenvalue weighted by Gasteiger charge is -2.50. The van der Waals surface area contributed by atoms with Crippen molar-refractivity contribution in [2.24, 2.45) is 5.92 Å². The molecule has 3 atom stereocenters. The van der Waals surface area contributed by atoms with Crippen molar-refractivity contribution in [1.82, 2.24) is 5.32 Å². The van der Waals surface area contributed by atoms with Gasteiger partial charge in [-0.25, -0.2) is 0 Å². The number of nitrogens with one attached hydrogen (secondary N) is 1. The van der Waals surface area contributed by atoms with Crippen LogP contribution in [0.5, 0.6) is 11.5 Å². The van der Waals surface area contributed by atoms with E-state index in [0.717, 1.165) is 18.4 Å². The average molecular weight is 287 g/mol. The Hall–Kier alpha value is -1.48. The highest BCUT2D eigenvalue weighted by Gasteiger charge is 2.49. The van der Waals surface area contributed by atoms with Crippen LogP contribution in [0.4, 0.5) is 0 Å². The van der Waals surface area contributed by atoms with E-state index in [0.29, 0.717) is 23.5 Å². The molecule has 1 saturated carbocycles. The first kappa shape index (κ1) is 14.5. The van der Waals surface area contributed by atoms with Crippen molar-refractivity contribution in [2.45, 2.75) is 43.6 Å². The number of fused-ring (bicyclic) bond motifs is 3. The number of allylic oxidation sites excluding steroid dienone is 1. The molecule has 2 aliphatic rings. The molecule has 0 amide bonds. The maximum Gasteiger partial charge on any atom is 0.162 e. The van der Waals surface area contributed by atoms with Crippen LogP contribution >= 0.6 is 0 Å². The zero-order valence-electron chi connectivity index (χ0n) is 13.0. The Bertz CT molecular complexity index is 554. The molecule has 3 rings (SSSR count). The lowest BCUT2D eigenvalue weighted by Crippen LogP contribution is -2.52. The highest BCUT2D eigenvalue weighted by molar-refractivity contribution is 5.57. The molecule has 2 aliphatic carbocycles. The van der Waals surface area contributed by atoms with Gasteiger partial charge in [0.2, 0.25) is 0 Å². The van der Waals surface area contributed by atoms with Crippen LogP contribution in [-0.2, 0) is 11.8 Å². The average Bonchev–Trinajstić information content (AvgIpc) is 2.53. The zero-order chi connectivity index (χ0) is 15.0. The van der Waals surface area contributed by atoms with E-state index in [9.17, 15) is 5.11 Å². The van der Waals surface area contributed by atoms with Gasteiger partial charge in [0.05, 0.1) is 7.11 Å². The molecule has 0 heterocycles. The fourth-order valence-corrected chi connectivity index (χ4v) is 4.60. The lowest BCUT2D eigenvalue weighted by atomic mass is 9.55. The Morgan fingerprint density at radius 1 is 1.43 bits per heavy atom. The molecule has 0 aromatic heterocycles. The summed E-state index contributed by atoms with van der Waals surface area (Å²) in [5.41, 5.74) is 2.16. The first-order valence-corrected chi connectivity index (χ1v) is 7.88. The number of hydrogen-bond acceptors (Lipinski definition) is 3. The third-order valence-electron chi connectivity index (χ3n) is 5.59. The predicted molar refractivity (Wildman–Crippen MR) is 85.0 cm³/mol. The minimum atomic E-state index is -0.127. The molecule has 0 saturated heterocycles. The van der Waals surface area contributed by atoms with Gasteiger partial charge in [-0.1, -0.05) is 25.0 Å². The SMILES string of the molecule is C=CC12CCCCC1C(NC)Cc1ccc(OC)c(O)c12. The highest BCUT2D eigenvalue weighted by Crippen LogP contribution is 2.55. The van der Waals surface area contributed by atoms with Gasteiger partial charge in [0, 0.05) is 17.0 Å². The Kier molecular flexibility index (Phi) is 3.70. The summed E-state index contributed by atoms with van der Waals surface area (Å²) in [5.74, 6) is 1.39. The molecular formula is C18H25NO2. The number of likely N-dealkylation sites (N-methyl/N-ethyl adjacent to an activating group) is 1. The maximum absolute atomic E-state index is 10.7. The molecular weight excluding hydrogens is 262 g/mol. The molecule has 1 fully saturated rings. The van der Waals surface area contributed by atoms with E-state index >= 15 is 0 Å². The molecule has 0 bridgehead atoms. The van der Waals surface area contributed by atoms with E-state index < -0.39 is 0 Å². The first-order valence-electron chi connectivity index (χ1n) is 7.88. The van der Waals surface area contributed by atoms with Crippen molar-refractivity contribution in [1.29, 1.82) is 0 Å². The van der Waals surface area contributed by atoms with Crippen molar-refractivity contribution >= 4 is 0 Å². The van der Waals surface area contributed by atoms with E-state index in [1.807, 2.05) is 13.1 Å². The van der Waals surface area contributed by atoms with Crippen LogP contribution in [0.25, 0.3) is 0 Å². The van der Waals surface area contributed by atoms with Gasteiger partial charge < -0.3 is 15.2 Å². The van der Waals surface area contributed by atoms with E-state index in [4.69, 9.17) is 4.74 Å². The molecule has 114 valence electrons. The van der Waals surface area contributed by atoms with Gasteiger partial charge in [-0.05, 0) is 43.9 Å². The molecule has 0 spiro atoms. The van der Waals surface area contributed by atoms with Gasteiger partial charge in [-0.2, -0.15) is 0 Å². The molecule has 2 N–H and O–H groups in total. The largest absolute Gasteiger partial charge is 0.504 e. The quantitative estimate of drug-likeness (QED) is 0.839. The van der Waals surface area contributed by atoms with Crippen molar-refractivity contribution < 1.29 is 9.84 Å². The molecule has 0 radical (unpaired) electrons. The Labute approximate surface area is 127 Å². The van der Waals surface area contributed by atoms with Gasteiger partial charge >= 0.3 is 0 Å². The molecule has 1 aromatic carbocycles. The standard InChI is InChI=1S/C18H25NO2/c1-4-18-10-6-5-7-13(18)14(19-2)11-12-8-9-15(21-3)17(20)16(12)18/h4,8-9,13-14,19-20H,1,5-7,10-11H2,2-3H3. The lowest BCUT2D eigenvalue weighted by molar-refractivity contribution is 0.161. The van der Waals surface area contributed by atoms with Crippen LogP contribution in [0.2, 0.25) is 0 Å². The van der Waals surface area contributed by atoms with Gasteiger partial charge in [-0.15, -0.1) is 6.58 Å². The Balaban J connectivity index is 2.23. The summed E-state index contributed by atoms with van der Waals surface area (Å²) in [6.45, 7) is 4.14. The first-order chi connectivity index (χ1) is 10.2. The summed E-state index contributed by atoms with van der Waals surface area (Å²) in [6, 6.07) is 4.43. The molecule has 3 unspecified atom stereocenters. The molecule has 21 heavy (non-hydrogen) atoms. The van der Waals surface area contributed by atoms with Crippen molar-refractivity contribution in [3.05, 3.63) is 35.9 Å². The second-order valence-corrected chi connectivity index (χ2v) is 6.35. The van der Waals surface area contributed by atoms with E-state index in [1.165, 1.54) is 24.8 Å². The fourth-order valence-electron chi connectivity index (χ4n) is 4.60. The van der Waals surface area contributed by atoms with Gasteiger partial charge in [0.25, 0.3) is 0 Å². The fraction of sp³-hybridized carbons (Fsp3) is 0.556. The second-order valence-electron chi connectivity index (χ2n) is 6.35. The minimum absolute atomic E-state index is 0.127. The number of aromatic hydroxyl groups is 1. The third kappa shape index (κ3) is 1.98. The number of phenolic OH excluding ortho intramolecular Hbond substituents is 1. The summed E-state index contributed by atoms with van der Waals surface area (Å²) in [4.78, 5) is 0. The Morgan fingerprint density at radius 3 is 2.90 bits per heavy atom. The van der Waals surface area contributed by atoms with Crippen LogP contribution in [0.3, 0.4) is 0 Å². The Morgan fingerprint density at radius 2 is 2.24 bits per heavy atom. The smallest absolute Gasteiger partial charge is 0.162 e. The third-order valence-corrected chi connectivity index (χ3v) is 5.59. The summed E-state index contributed by atoms with van der Waals surface area (Å²) < 4.78 is 5.33. The topological polar surface area (TPSA) is 41.5 Å². The summed E-state index contributed by atoms with van der Waals surface area (Å²) in [5, 5.41) is 14.2. The van der Waals surface area contributed by atoms with E-state index in [1.54, 1.807) is 7.11 Å². The van der Waals surface area contributed by atoms with Crippen LogP contribution in [-0.4, -0.2) is 25.3 Å². The van der Waals surface area contributed by atoms with Crippen molar-refractivity contribution in [2.75, 3.05) is 14.2 Å². The minimum Gasteiger partial charge on any atom is -0.504 e. The van der Waals surface area contributed by atoms with Crippen LogP contribution in [0.15, 0.2) is 24.8 Å². The second kappa shape index (κ2) is 5.38. The molecule has 3 nitrogen and oxygen atoms in total. The molecule has 0 aliphatic heterocycles. The van der Waals surface area contributed by atoms with E-state index in [2.05, 4.69) is 24.0 Å². The number of methoxy groups -OCH3 is 1. The van der Waals surface area contributed by atoms with Crippen molar-refractivity contribution in [3.8, 4) is 11.5 Å². The maximum atomic E-state index is 10.7. The normalized spacial score (nSPS) is 31.1. The highest BCUT2D eigenvalue weighted by atomic mass is 16.5. The van der Waals surface area contributed by atoms with Gasteiger partial charge in [0.1, 0.15) is 0 Å². The van der Waals surface area contributed by atoms with Crippen LogP contribution in [0.1, 0.15) is 36.8 Å². The van der Waals surface area contributed by atoms with Gasteiger partial charge in [0.15, 0.2) is 11.5 Å². The number of benzene rings is 1. The molecule has 3 heteroatoms. The summed E-state index contributed by atoms with van der Waals surface area (Å²) in [7, 11) is 3.65. The monoisotopic (exact) mass is 287 g/mol. The number of ether oxygens (including phenoxy) is 1. The number of phenols is 1. The van der Waals surface area contributed by atoms with E-state index in [-0.39, 0.29) is 5.41 Å². The van der Waals surface area contributed by atoms with Crippen molar-refractivity contribution in [3.63, 3.8) is 0 Å². The molecule has 1 aromatic rings. The zero-order valence-corrected chi connectivity index (χ0v) is 13.0.